The third kappa shape index (κ3) is 2.71. The zero-order valence-corrected chi connectivity index (χ0v) is 11.8. The molecule has 3 heteroatoms. The number of hydrogen-bond acceptors (Lipinski definition) is 1. The lowest BCUT2D eigenvalue weighted by atomic mass is 9.86. The minimum atomic E-state index is -0.519. The second-order valence-electron chi connectivity index (χ2n) is 4.22. The molecule has 1 unspecified atom stereocenters. The maximum Gasteiger partial charge on any atom is 0.0637 e. The fourth-order valence-electron chi connectivity index (χ4n) is 1.77. The first-order chi connectivity index (χ1) is 8.00. The van der Waals surface area contributed by atoms with Gasteiger partial charge in [-0.2, -0.15) is 0 Å². The van der Waals surface area contributed by atoms with Crippen molar-refractivity contribution in [3.05, 3.63) is 69.2 Å². The first kappa shape index (κ1) is 12.6. The van der Waals surface area contributed by atoms with Crippen LogP contribution >= 0.6 is 27.5 Å². The van der Waals surface area contributed by atoms with E-state index in [1.165, 1.54) is 0 Å². The van der Waals surface area contributed by atoms with E-state index >= 15 is 0 Å². The van der Waals surface area contributed by atoms with Crippen LogP contribution in [0, 0.1) is 0 Å². The molecule has 17 heavy (non-hydrogen) atoms. The summed E-state index contributed by atoms with van der Waals surface area (Å²) in [7, 11) is 0. The van der Waals surface area contributed by atoms with E-state index in [-0.39, 0.29) is 0 Å². The summed E-state index contributed by atoms with van der Waals surface area (Å²) >= 11 is 9.35. The lowest BCUT2D eigenvalue weighted by molar-refractivity contribution is 0.603. The molecule has 2 aromatic rings. The summed E-state index contributed by atoms with van der Waals surface area (Å²) in [6.45, 7) is 2.00. The summed E-state index contributed by atoms with van der Waals surface area (Å²) in [5.74, 6) is 0. The molecule has 0 radical (unpaired) electrons. The van der Waals surface area contributed by atoms with Crippen molar-refractivity contribution in [1.82, 2.24) is 0 Å². The Morgan fingerprint density at radius 2 is 1.71 bits per heavy atom. The molecule has 0 saturated carbocycles. The van der Waals surface area contributed by atoms with E-state index in [4.69, 9.17) is 17.3 Å². The molecular formula is C14H13BrClN. The van der Waals surface area contributed by atoms with Gasteiger partial charge < -0.3 is 5.73 Å². The zero-order valence-electron chi connectivity index (χ0n) is 9.45. The summed E-state index contributed by atoms with van der Waals surface area (Å²) in [6.07, 6.45) is 0. The third-order valence-corrected chi connectivity index (χ3v) is 3.61. The van der Waals surface area contributed by atoms with Crippen LogP contribution in [-0.2, 0) is 5.54 Å². The van der Waals surface area contributed by atoms with Crippen molar-refractivity contribution in [3.63, 3.8) is 0 Å². The summed E-state index contributed by atoms with van der Waals surface area (Å²) < 4.78 is 1.03. The molecular weight excluding hydrogens is 298 g/mol. The topological polar surface area (TPSA) is 26.0 Å². The second-order valence-corrected chi connectivity index (χ2v) is 5.57. The predicted molar refractivity (Wildman–Crippen MR) is 76.2 cm³/mol. The Morgan fingerprint density at radius 1 is 1.06 bits per heavy atom. The van der Waals surface area contributed by atoms with Crippen molar-refractivity contribution in [2.75, 3.05) is 0 Å². The van der Waals surface area contributed by atoms with Crippen LogP contribution in [0.2, 0.25) is 5.02 Å². The second kappa shape index (κ2) is 4.81. The van der Waals surface area contributed by atoms with Crippen LogP contribution in [-0.4, -0.2) is 0 Å². The van der Waals surface area contributed by atoms with E-state index in [2.05, 4.69) is 15.9 Å². The molecule has 0 saturated heterocycles. The van der Waals surface area contributed by atoms with Crippen LogP contribution < -0.4 is 5.73 Å². The van der Waals surface area contributed by atoms with Crippen LogP contribution in [0.15, 0.2) is 53.0 Å². The zero-order chi connectivity index (χ0) is 12.5. The van der Waals surface area contributed by atoms with Gasteiger partial charge in [0, 0.05) is 9.50 Å². The van der Waals surface area contributed by atoms with Gasteiger partial charge >= 0.3 is 0 Å². The van der Waals surface area contributed by atoms with Crippen molar-refractivity contribution in [2.24, 2.45) is 5.73 Å². The van der Waals surface area contributed by atoms with Crippen molar-refractivity contribution < 1.29 is 0 Å². The maximum absolute atomic E-state index is 6.41. The third-order valence-electron chi connectivity index (χ3n) is 2.87. The van der Waals surface area contributed by atoms with Crippen LogP contribution in [0.3, 0.4) is 0 Å². The van der Waals surface area contributed by atoms with E-state index < -0.39 is 5.54 Å². The van der Waals surface area contributed by atoms with Crippen LogP contribution in [0.4, 0.5) is 0 Å². The number of benzene rings is 2. The number of halogens is 2. The fraction of sp³-hybridized carbons (Fsp3) is 0.143. The molecule has 0 spiro atoms. The first-order valence-electron chi connectivity index (χ1n) is 5.31. The van der Waals surface area contributed by atoms with E-state index in [1.54, 1.807) is 0 Å². The Labute approximate surface area is 115 Å². The highest BCUT2D eigenvalue weighted by Crippen LogP contribution is 2.29. The smallest absolute Gasteiger partial charge is 0.0637 e. The summed E-state index contributed by atoms with van der Waals surface area (Å²) in [4.78, 5) is 0. The molecule has 1 atom stereocenters. The molecule has 0 aliphatic heterocycles. The minimum absolute atomic E-state index is 0.519. The largest absolute Gasteiger partial charge is 0.318 e. The van der Waals surface area contributed by atoms with Crippen molar-refractivity contribution in [2.45, 2.75) is 12.5 Å². The van der Waals surface area contributed by atoms with Crippen molar-refractivity contribution >= 4 is 27.5 Å². The van der Waals surface area contributed by atoms with Gasteiger partial charge in [-0.3, -0.25) is 0 Å². The average molecular weight is 311 g/mol. The van der Waals surface area contributed by atoms with Gasteiger partial charge in [-0.25, -0.2) is 0 Å². The Bertz CT molecular complexity index is 520. The molecule has 2 N–H and O–H groups in total. The number of hydrogen-bond donors (Lipinski definition) is 1. The molecule has 0 aliphatic carbocycles. The lowest BCUT2D eigenvalue weighted by Crippen LogP contribution is -2.34. The van der Waals surface area contributed by atoms with Crippen LogP contribution in [0.5, 0.6) is 0 Å². The standard InChI is InChI=1S/C14H13BrClN/c1-14(17,10-5-7-13(16)8-6-10)11-3-2-4-12(15)9-11/h2-9H,17H2,1H3. The molecule has 1 nitrogen and oxygen atoms in total. The average Bonchev–Trinajstić information content (AvgIpc) is 2.29. The van der Waals surface area contributed by atoms with Gasteiger partial charge in [0.25, 0.3) is 0 Å². The Hall–Kier alpha value is -0.830. The quantitative estimate of drug-likeness (QED) is 0.878. The van der Waals surface area contributed by atoms with Gasteiger partial charge in [0.1, 0.15) is 0 Å². The number of rotatable bonds is 2. The van der Waals surface area contributed by atoms with E-state index in [9.17, 15) is 0 Å². The molecule has 0 bridgehead atoms. The molecule has 88 valence electrons. The van der Waals surface area contributed by atoms with Crippen LogP contribution in [0.25, 0.3) is 0 Å². The van der Waals surface area contributed by atoms with Gasteiger partial charge in [0.05, 0.1) is 5.54 Å². The molecule has 2 rings (SSSR count). The van der Waals surface area contributed by atoms with E-state index in [1.807, 2.05) is 55.5 Å². The summed E-state index contributed by atoms with van der Waals surface area (Å²) in [5.41, 5.74) is 8.00. The van der Waals surface area contributed by atoms with E-state index in [0.717, 1.165) is 20.6 Å². The summed E-state index contributed by atoms with van der Waals surface area (Å²) in [6, 6.07) is 15.7. The molecule has 0 aliphatic rings. The molecule has 2 aromatic carbocycles. The fourth-order valence-corrected chi connectivity index (χ4v) is 2.30. The minimum Gasteiger partial charge on any atom is -0.318 e. The van der Waals surface area contributed by atoms with E-state index in [0.29, 0.717) is 0 Å². The SMILES string of the molecule is CC(N)(c1ccc(Cl)cc1)c1cccc(Br)c1. The molecule has 0 aromatic heterocycles. The van der Waals surface area contributed by atoms with Gasteiger partial charge in [-0.15, -0.1) is 0 Å². The highest BCUT2D eigenvalue weighted by Gasteiger charge is 2.23. The lowest BCUT2D eigenvalue weighted by Gasteiger charge is -2.26. The van der Waals surface area contributed by atoms with Gasteiger partial charge in [0.15, 0.2) is 0 Å². The van der Waals surface area contributed by atoms with Crippen molar-refractivity contribution in [3.8, 4) is 0 Å². The van der Waals surface area contributed by atoms with Gasteiger partial charge in [-0.1, -0.05) is 51.8 Å². The maximum atomic E-state index is 6.41. The highest BCUT2D eigenvalue weighted by molar-refractivity contribution is 9.10. The van der Waals surface area contributed by atoms with Crippen LogP contribution in [0.1, 0.15) is 18.1 Å². The van der Waals surface area contributed by atoms with Gasteiger partial charge in [-0.05, 0) is 42.3 Å². The highest BCUT2D eigenvalue weighted by atomic mass is 79.9. The molecule has 0 fully saturated rings. The summed E-state index contributed by atoms with van der Waals surface area (Å²) in [5, 5.41) is 0.721. The first-order valence-corrected chi connectivity index (χ1v) is 6.48. The normalized spacial score (nSPS) is 14.4. The van der Waals surface area contributed by atoms with Gasteiger partial charge in [0.2, 0.25) is 0 Å². The number of nitrogens with two attached hydrogens (primary N) is 1. The molecule has 0 heterocycles. The Kier molecular flexibility index (Phi) is 3.57. The molecule has 0 amide bonds. The predicted octanol–water partition coefficient (Wildman–Crippen LogP) is 4.32. The Balaban J connectivity index is 2.45. The van der Waals surface area contributed by atoms with Crippen molar-refractivity contribution in [1.29, 1.82) is 0 Å². The Morgan fingerprint density at radius 3 is 2.29 bits per heavy atom. The monoisotopic (exact) mass is 309 g/mol.